The fraction of sp³-hybridized carbons (Fsp3) is 0.269. The molecule has 1 aromatic carbocycles. The van der Waals surface area contributed by atoms with Crippen LogP contribution in [0.5, 0.6) is 0 Å². The predicted molar refractivity (Wildman–Crippen MR) is 126 cm³/mol. The summed E-state index contributed by atoms with van der Waals surface area (Å²) in [6, 6.07) is 11.4. The Morgan fingerprint density at radius 2 is 1.97 bits per heavy atom. The number of aliphatic hydroxyl groups is 1. The number of aromatic carboxylic acids is 1. The van der Waals surface area contributed by atoms with Crippen molar-refractivity contribution < 1.29 is 15.0 Å². The van der Waals surface area contributed by atoms with Gasteiger partial charge in [0.05, 0.1) is 17.4 Å². The Morgan fingerprint density at radius 1 is 1.15 bits per heavy atom. The summed E-state index contributed by atoms with van der Waals surface area (Å²) in [5, 5.41) is 20.8. The summed E-state index contributed by atoms with van der Waals surface area (Å²) < 4.78 is 0. The molecule has 1 unspecified atom stereocenters. The van der Waals surface area contributed by atoms with Crippen molar-refractivity contribution in [3.05, 3.63) is 99.1 Å². The Bertz CT molecular complexity index is 1250. The van der Waals surface area contributed by atoms with Crippen molar-refractivity contribution in [1.29, 1.82) is 0 Å². The molecule has 0 amide bonds. The molecule has 0 bridgehead atoms. The van der Waals surface area contributed by atoms with E-state index in [2.05, 4.69) is 9.88 Å². The average molecular weight is 462 g/mol. The summed E-state index contributed by atoms with van der Waals surface area (Å²) in [7, 11) is 0. The quantitative estimate of drug-likeness (QED) is 0.596. The number of aromatic nitrogens is 2. The summed E-state index contributed by atoms with van der Waals surface area (Å²) in [4.78, 5) is 22.4. The van der Waals surface area contributed by atoms with E-state index in [1.807, 2.05) is 36.5 Å². The molecule has 0 radical (unpaired) electrons. The molecule has 2 aliphatic rings. The summed E-state index contributed by atoms with van der Waals surface area (Å²) in [5.74, 6) is -0.963. The first-order valence-electron chi connectivity index (χ1n) is 11.0. The lowest BCUT2D eigenvalue weighted by Crippen LogP contribution is -2.30. The van der Waals surface area contributed by atoms with E-state index in [9.17, 15) is 15.0 Å². The van der Waals surface area contributed by atoms with Crippen molar-refractivity contribution in [3.63, 3.8) is 0 Å². The molecule has 1 fully saturated rings. The molecule has 33 heavy (non-hydrogen) atoms. The standard InChI is InChI=1S/C26H24ClN3O3/c27-20-3-4-21-22(12-20)23(31)11-18-2-1-7-29-25(18)24(21)17-5-8-30(9-6-17)15-16-10-19(26(32)33)14-28-13-16/h1-4,7,10,12-14,23,31H,5-6,8-9,11,15H2,(H,32,33). The highest BCUT2D eigenvalue weighted by molar-refractivity contribution is 6.30. The third-order valence-electron chi connectivity index (χ3n) is 6.44. The van der Waals surface area contributed by atoms with Crippen LogP contribution in [0.15, 0.2) is 60.6 Å². The number of hydrogen-bond donors (Lipinski definition) is 2. The number of benzene rings is 1. The zero-order valence-electron chi connectivity index (χ0n) is 18.0. The Hall–Kier alpha value is -3.06. The number of carboxylic acids is 1. The van der Waals surface area contributed by atoms with Crippen molar-refractivity contribution >= 4 is 23.1 Å². The number of nitrogens with zero attached hydrogens (tertiary/aromatic N) is 3. The minimum absolute atomic E-state index is 0.210. The minimum Gasteiger partial charge on any atom is -0.478 e. The fourth-order valence-corrected chi connectivity index (χ4v) is 5.03. The van der Waals surface area contributed by atoms with Crippen LogP contribution in [0.3, 0.4) is 0 Å². The lowest BCUT2D eigenvalue weighted by atomic mass is 9.88. The van der Waals surface area contributed by atoms with E-state index in [1.165, 1.54) is 11.8 Å². The Morgan fingerprint density at radius 3 is 2.76 bits per heavy atom. The van der Waals surface area contributed by atoms with E-state index < -0.39 is 12.1 Å². The lowest BCUT2D eigenvalue weighted by Gasteiger charge is -2.30. The van der Waals surface area contributed by atoms with Gasteiger partial charge in [0.1, 0.15) is 0 Å². The second-order valence-corrected chi connectivity index (χ2v) is 9.04. The number of carbonyl (C=O) groups is 1. The molecule has 1 atom stereocenters. The number of carboxylic acid groups (broad SMARTS) is 1. The maximum Gasteiger partial charge on any atom is 0.337 e. The summed E-state index contributed by atoms with van der Waals surface area (Å²) in [6.45, 7) is 2.37. The van der Waals surface area contributed by atoms with Crippen molar-refractivity contribution in [1.82, 2.24) is 14.9 Å². The van der Waals surface area contributed by atoms with Gasteiger partial charge in [-0.2, -0.15) is 0 Å². The maximum atomic E-state index is 11.2. The van der Waals surface area contributed by atoms with Gasteiger partial charge in [-0.3, -0.25) is 14.9 Å². The Balaban J connectivity index is 1.46. The van der Waals surface area contributed by atoms with E-state index in [0.29, 0.717) is 18.0 Å². The van der Waals surface area contributed by atoms with Gasteiger partial charge in [0, 0.05) is 55.2 Å². The largest absolute Gasteiger partial charge is 0.478 e. The zero-order chi connectivity index (χ0) is 22.9. The predicted octanol–water partition coefficient (Wildman–Crippen LogP) is 4.52. The third-order valence-corrected chi connectivity index (χ3v) is 6.68. The second-order valence-electron chi connectivity index (χ2n) is 8.60. The van der Waals surface area contributed by atoms with Crippen LogP contribution in [0, 0.1) is 0 Å². The number of pyridine rings is 2. The monoisotopic (exact) mass is 461 g/mol. The van der Waals surface area contributed by atoms with Gasteiger partial charge in [0.2, 0.25) is 0 Å². The van der Waals surface area contributed by atoms with Crippen LogP contribution < -0.4 is 0 Å². The molecule has 7 heteroatoms. The average Bonchev–Trinajstić information content (AvgIpc) is 2.94. The molecule has 3 heterocycles. The van der Waals surface area contributed by atoms with Crippen LogP contribution in [0.2, 0.25) is 5.02 Å². The van der Waals surface area contributed by atoms with Gasteiger partial charge in [-0.15, -0.1) is 0 Å². The van der Waals surface area contributed by atoms with Crippen molar-refractivity contribution in [3.8, 4) is 0 Å². The number of fused-ring (bicyclic) bond motifs is 2. The van der Waals surface area contributed by atoms with E-state index in [4.69, 9.17) is 16.6 Å². The van der Waals surface area contributed by atoms with E-state index in [1.54, 1.807) is 12.3 Å². The number of hydrogen-bond acceptors (Lipinski definition) is 5. The number of rotatable bonds is 3. The van der Waals surface area contributed by atoms with Crippen LogP contribution in [-0.2, 0) is 13.0 Å². The van der Waals surface area contributed by atoms with E-state index in [-0.39, 0.29) is 5.56 Å². The fourth-order valence-electron chi connectivity index (χ4n) is 4.85. The summed E-state index contributed by atoms with van der Waals surface area (Å²) in [6.07, 6.45) is 6.53. The molecule has 168 valence electrons. The topological polar surface area (TPSA) is 86.5 Å². The molecule has 6 nitrogen and oxygen atoms in total. The first kappa shape index (κ1) is 21.8. The van der Waals surface area contributed by atoms with Crippen molar-refractivity contribution in [2.75, 3.05) is 13.1 Å². The Labute approximate surface area is 197 Å². The SMILES string of the molecule is O=C(O)c1cncc(CN2CCC(=C3c4ccc(Cl)cc4C(O)Cc4cccnc43)CC2)c1. The van der Waals surface area contributed by atoms with E-state index in [0.717, 1.165) is 59.5 Å². The highest BCUT2D eigenvalue weighted by Crippen LogP contribution is 2.41. The normalized spacial score (nSPS) is 18.4. The van der Waals surface area contributed by atoms with Crippen LogP contribution >= 0.6 is 11.6 Å². The molecule has 2 aromatic heterocycles. The van der Waals surface area contributed by atoms with Gasteiger partial charge in [-0.05, 0) is 59.4 Å². The number of likely N-dealkylation sites (tertiary alicyclic amines) is 1. The van der Waals surface area contributed by atoms with Crippen molar-refractivity contribution in [2.45, 2.75) is 31.9 Å². The molecule has 3 aromatic rings. The number of aliphatic hydroxyl groups excluding tert-OH is 1. The van der Waals surface area contributed by atoms with Gasteiger partial charge in [-0.1, -0.05) is 29.3 Å². The van der Waals surface area contributed by atoms with Crippen molar-refractivity contribution in [2.24, 2.45) is 0 Å². The first-order valence-corrected chi connectivity index (χ1v) is 11.4. The Kier molecular flexibility index (Phi) is 5.98. The number of halogens is 1. The molecule has 0 saturated carbocycles. The summed E-state index contributed by atoms with van der Waals surface area (Å²) >= 11 is 6.28. The van der Waals surface area contributed by atoms with Crippen LogP contribution in [0.4, 0.5) is 0 Å². The molecule has 1 saturated heterocycles. The smallest absolute Gasteiger partial charge is 0.337 e. The second kappa shape index (κ2) is 9.06. The minimum atomic E-state index is -0.963. The van der Waals surface area contributed by atoms with Gasteiger partial charge in [0.25, 0.3) is 0 Å². The zero-order valence-corrected chi connectivity index (χ0v) is 18.8. The number of piperidine rings is 1. The van der Waals surface area contributed by atoms with Gasteiger partial charge < -0.3 is 10.2 Å². The molecule has 5 rings (SSSR count). The van der Waals surface area contributed by atoms with Crippen LogP contribution in [-0.4, -0.2) is 44.1 Å². The molecular formula is C26H24ClN3O3. The first-order chi connectivity index (χ1) is 16.0. The molecule has 2 N–H and O–H groups in total. The van der Waals surface area contributed by atoms with Crippen LogP contribution in [0.1, 0.15) is 57.3 Å². The highest BCUT2D eigenvalue weighted by Gasteiger charge is 2.28. The summed E-state index contributed by atoms with van der Waals surface area (Å²) in [5.41, 5.74) is 7.38. The van der Waals surface area contributed by atoms with Gasteiger partial charge in [0.15, 0.2) is 0 Å². The van der Waals surface area contributed by atoms with Crippen LogP contribution in [0.25, 0.3) is 5.57 Å². The molecule has 0 spiro atoms. The van der Waals surface area contributed by atoms with E-state index >= 15 is 0 Å². The third kappa shape index (κ3) is 4.42. The molecule has 1 aliphatic heterocycles. The maximum absolute atomic E-state index is 11.2. The van der Waals surface area contributed by atoms with Gasteiger partial charge >= 0.3 is 5.97 Å². The molecular weight excluding hydrogens is 438 g/mol. The molecule has 1 aliphatic carbocycles. The highest BCUT2D eigenvalue weighted by atomic mass is 35.5. The lowest BCUT2D eigenvalue weighted by molar-refractivity contribution is 0.0696. The van der Waals surface area contributed by atoms with Gasteiger partial charge in [-0.25, -0.2) is 4.79 Å².